The molecule has 15 heavy (non-hydrogen) atoms. The predicted octanol–water partition coefficient (Wildman–Crippen LogP) is 1.39. The smallest absolute Gasteiger partial charge is 0.310 e. The van der Waals surface area contributed by atoms with Gasteiger partial charge in [-0.15, -0.1) is 0 Å². The zero-order chi connectivity index (χ0) is 10.5. The normalized spacial score (nSPS) is 42.3. The second kappa shape index (κ2) is 2.95. The van der Waals surface area contributed by atoms with E-state index >= 15 is 0 Å². The summed E-state index contributed by atoms with van der Waals surface area (Å²) in [6.45, 7) is 1.23. The summed E-state index contributed by atoms with van der Waals surface area (Å²) in [7, 11) is 0. The monoisotopic (exact) mass is 212 g/mol. The molecule has 2 aliphatic carbocycles. The van der Waals surface area contributed by atoms with Crippen LogP contribution >= 0.6 is 0 Å². The molecule has 3 rings (SSSR count). The predicted molar refractivity (Wildman–Crippen MR) is 51.3 cm³/mol. The van der Waals surface area contributed by atoms with E-state index in [-0.39, 0.29) is 5.92 Å². The van der Waals surface area contributed by atoms with Crippen LogP contribution in [0.25, 0.3) is 0 Å². The number of carboxylic acids is 1. The van der Waals surface area contributed by atoms with Crippen LogP contribution in [0.15, 0.2) is 0 Å². The molecule has 4 nitrogen and oxygen atoms in total. The second-order valence-corrected chi connectivity index (χ2v) is 4.91. The van der Waals surface area contributed by atoms with Gasteiger partial charge in [0.2, 0.25) is 0 Å². The van der Waals surface area contributed by atoms with Gasteiger partial charge in [-0.25, -0.2) is 0 Å². The number of hydrogen-bond donors (Lipinski definition) is 1. The van der Waals surface area contributed by atoms with Gasteiger partial charge >= 0.3 is 5.97 Å². The van der Waals surface area contributed by atoms with Crippen LogP contribution in [0, 0.1) is 11.3 Å². The molecule has 0 radical (unpaired) electrons. The Morgan fingerprint density at radius 3 is 2.47 bits per heavy atom. The van der Waals surface area contributed by atoms with Crippen LogP contribution in [0.4, 0.5) is 0 Å². The minimum absolute atomic E-state index is 0.0822. The highest BCUT2D eigenvalue weighted by molar-refractivity contribution is 5.76. The molecule has 0 amide bonds. The first-order valence-corrected chi connectivity index (χ1v) is 5.71. The van der Waals surface area contributed by atoms with Gasteiger partial charge < -0.3 is 14.6 Å². The summed E-state index contributed by atoms with van der Waals surface area (Å²) in [5, 5.41) is 9.35. The molecule has 0 aromatic carbocycles. The molecule has 1 saturated heterocycles. The number of rotatable bonds is 1. The van der Waals surface area contributed by atoms with Crippen molar-refractivity contribution in [3.8, 4) is 0 Å². The van der Waals surface area contributed by atoms with Gasteiger partial charge in [0, 0.05) is 12.3 Å². The van der Waals surface area contributed by atoms with Crippen molar-refractivity contribution in [2.75, 3.05) is 13.2 Å². The van der Waals surface area contributed by atoms with Crippen LogP contribution in [-0.4, -0.2) is 30.1 Å². The Hall–Kier alpha value is -0.610. The van der Waals surface area contributed by atoms with Crippen LogP contribution in [0.5, 0.6) is 0 Å². The van der Waals surface area contributed by atoms with E-state index in [9.17, 15) is 9.90 Å². The van der Waals surface area contributed by atoms with Crippen molar-refractivity contribution < 1.29 is 19.4 Å². The minimum atomic E-state index is -0.656. The highest BCUT2D eigenvalue weighted by Gasteiger charge is 2.65. The van der Waals surface area contributed by atoms with Crippen molar-refractivity contribution in [3.05, 3.63) is 0 Å². The lowest BCUT2D eigenvalue weighted by Crippen LogP contribution is -2.60. The van der Waals surface area contributed by atoms with E-state index in [4.69, 9.17) is 9.47 Å². The zero-order valence-electron chi connectivity index (χ0n) is 8.70. The topological polar surface area (TPSA) is 55.8 Å². The van der Waals surface area contributed by atoms with Gasteiger partial charge in [0.25, 0.3) is 0 Å². The molecule has 1 heterocycles. The van der Waals surface area contributed by atoms with Gasteiger partial charge in [-0.05, 0) is 25.7 Å². The highest BCUT2D eigenvalue weighted by Crippen LogP contribution is 2.61. The summed E-state index contributed by atoms with van der Waals surface area (Å²) in [5.41, 5.74) is -0.539. The molecule has 2 atom stereocenters. The summed E-state index contributed by atoms with van der Waals surface area (Å²) < 4.78 is 11.4. The van der Waals surface area contributed by atoms with Crippen LogP contribution in [-0.2, 0) is 14.3 Å². The van der Waals surface area contributed by atoms with Gasteiger partial charge in [0.15, 0.2) is 5.79 Å². The van der Waals surface area contributed by atoms with Crippen LogP contribution in [0.2, 0.25) is 0 Å². The minimum Gasteiger partial charge on any atom is -0.481 e. The van der Waals surface area contributed by atoms with Crippen molar-refractivity contribution >= 4 is 5.97 Å². The number of aliphatic carboxylic acids is 1. The summed E-state index contributed by atoms with van der Waals surface area (Å²) in [6.07, 6.45) is 4.30. The molecule has 3 aliphatic rings. The fourth-order valence-corrected chi connectivity index (χ4v) is 3.58. The Morgan fingerprint density at radius 2 is 1.93 bits per heavy atom. The number of fused-ring (bicyclic) bond motifs is 2. The molecule has 1 N–H and O–H groups in total. The van der Waals surface area contributed by atoms with Crippen LogP contribution in [0.3, 0.4) is 0 Å². The van der Waals surface area contributed by atoms with Crippen molar-refractivity contribution in [1.29, 1.82) is 0 Å². The van der Waals surface area contributed by atoms with E-state index in [1.165, 1.54) is 0 Å². The summed E-state index contributed by atoms with van der Waals surface area (Å²) in [5.74, 6) is -1.12. The Bertz CT molecular complexity index is 295. The van der Waals surface area contributed by atoms with Crippen LogP contribution < -0.4 is 0 Å². The molecule has 1 spiro atoms. The van der Waals surface area contributed by atoms with E-state index in [0.29, 0.717) is 13.2 Å². The average Bonchev–Trinajstić information content (AvgIpc) is 2.57. The van der Waals surface area contributed by atoms with E-state index in [1.54, 1.807) is 0 Å². The molecular formula is C11H16O4. The lowest BCUT2D eigenvalue weighted by molar-refractivity contribution is -0.274. The molecule has 2 saturated carbocycles. The van der Waals surface area contributed by atoms with Crippen molar-refractivity contribution in [2.45, 2.75) is 37.9 Å². The largest absolute Gasteiger partial charge is 0.481 e. The summed E-state index contributed by atoms with van der Waals surface area (Å²) in [4.78, 5) is 11.4. The third-order valence-corrected chi connectivity index (χ3v) is 4.43. The highest BCUT2D eigenvalue weighted by atomic mass is 16.7. The molecule has 0 aromatic heterocycles. The molecular weight excluding hydrogens is 196 g/mol. The van der Waals surface area contributed by atoms with E-state index in [2.05, 4.69) is 0 Å². The van der Waals surface area contributed by atoms with E-state index in [0.717, 1.165) is 32.1 Å². The number of carboxylic acid groups (broad SMARTS) is 1. The summed E-state index contributed by atoms with van der Waals surface area (Å²) in [6, 6.07) is 0. The molecule has 1 aliphatic heterocycles. The first kappa shape index (κ1) is 9.60. The lowest BCUT2D eigenvalue weighted by Gasteiger charge is -2.56. The third kappa shape index (κ3) is 1.06. The standard InChI is InChI=1S/C11H16O4/c12-9(13)10-3-1-4-11(8(10)2-5-10)14-6-7-15-11/h8H,1-7H2,(H,12,13)/t8?,10-/m1/s1. The fourth-order valence-electron chi connectivity index (χ4n) is 3.58. The van der Waals surface area contributed by atoms with Crippen molar-refractivity contribution in [3.63, 3.8) is 0 Å². The van der Waals surface area contributed by atoms with Crippen molar-refractivity contribution in [2.24, 2.45) is 11.3 Å². The SMILES string of the molecule is O=C(O)[C@@]12CCCC3(OCCO3)C1CC2. The molecule has 0 aromatic rings. The van der Waals surface area contributed by atoms with E-state index < -0.39 is 17.2 Å². The van der Waals surface area contributed by atoms with Gasteiger partial charge in [0.1, 0.15) is 0 Å². The third-order valence-electron chi connectivity index (χ3n) is 4.43. The van der Waals surface area contributed by atoms with E-state index in [1.807, 2.05) is 0 Å². The second-order valence-electron chi connectivity index (χ2n) is 4.91. The Balaban J connectivity index is 1.92. The Labute approximate surface area is 88.6 Å². The van der Waals surface area contributed by atoms with Crippen molar-refractivity contribution in [1.82, 2.24) is 0 Å². The summed E-state index contributed by atoms with van der Waals surface area (Å²) >= 11 is 0. The Morgan fingerprint density at radius 1 is 1.20 bits per heavy atom. The van der Waals surface area contributed by atoms with Gasteiger partial charge in [-0.3, -0.25) is 4.79 Å². The molecule has 1 unspecified atom stereocenters. The average molecular weight is 212 g/mol. The maximum atomic E-state index is 11.4. The zero-order valence-corrected chi connectivity index (χ0v) is 8.70. The maximum absolute atomic E-state index is 11.4. The quantitative estimate of drug-likeness (QED) is 0.713. The first-order valence-electron chi connectivity index (χ1n) is 5.71. The van der Waals surface area contributed by atoms with Gasteiger partial charge in [-0.2, -0.15) is 0 Å². The molecule has 3 fully saturated rings. The fraction of sp³-hybridized carbons (Fsp3) is 0.909. The number of carbonyl (C=O) groups is 1. The molecule has 84 valence electrons. The van der Waals surface area contributed by atoms with Gasteiger partial charge in [0.05, 0.1) is 18.6 Å². The Kier molecular flexibility index (Phi) is 1.89. The lowest BCUT2D eigenvalue weighted by atomic mass is 9.51. The number of hydrogen-bond acceptors (Lipinski definition) is 3. The van der Waals surface area contributed by atoms with Gasteiger partial charge in [-0.1, -0.05) is 0 Å². The number of ether oxygens (including phenoxy) is 2. The van der Waals surface area contributed by atoms with Crippen LogP contribution in [0.1, 0.15) is 32.1 Å². The molecule has 0 bridgehead atoms. The maximum Gasteiger partial charge on any atom is 0.310 e. The first-order chi connectivity index (χ1) is 7.20. The molecule has 4 heteroatoms.